The number of aromatic nitrogens is 2. The SMILES string of the molecule is O=C(Cn1[nH]c(=O)c2ccccc2c1=O)OCCOc1ccc(Cl)cc1. The number of halogens is 1. The van der Waals surface area contributed by atoms with Gasteiger partial charge in [0.1, 0.15) is 25.5 Å². The maximum absolute atomic E-state index is 12.3. The molecule has 1 N–H and O–H groups in total. The van der Waals surface area contributed by atoms with Crippen LogP contribution in [-0.2, 0) is 16.1 Å². The molecule has 3 rings (SSSR count). The van der Waals surface area contributed by atoms with Crippen molar-refractivity contribution in [1.29, 1.82) is 0 Å². The molecular formula is C18H15ClN2O5. The summed E-state index contributed by atoms with van der Waals surface area (Å²) in [5.74, 6) is -0.0572. The van der Waals surface area contributed by atoms with Gasteiger partial charge in [0.25, 0.3) is 11.1 Å². The number of H-pyrrole nitrogens is 1. The molecule has 2 aromatic carbocycles. The lowest BCUT2D eigenvalue weighted by molar-refractivity contribution is -0.145. The average Bonchev–Trinajstić information content (AvgIpc) is 2.64. The van der Waals surface area contributed by atoms with Crippen LogP contribution in [-0.4, -0.2) is 29.0 Å². The molecule has 0 spiro atoms. The summed E-state index contributed by atoms with van der Waals surface area (Å²) in [7, 11) is 0. The van der Waals surface area contributed by atoms with Gasteiger partial charge in [-0.2, -0.15) is 0 Å². The van der Waals surface area contributed by atoms with Crippen LogP contribution in [0.2, 0.25) is 5.02 Å². The zero-order chi connectivity index (χ0) is 18.5. The predicted molar refractivity (Wildman–Crippen MR) is 96.7 cm³/mol. The Morgan fingerprint density at radius 1 is 1.00 bits per heavy atom. The van der Waals surface area contributed by atoms with E-state index in [0.717, 1.165) is 4.68 Å². The summed E-state index contributed by atoms with van der Waals surface area (Å²) in [6, 6.07) is 13.2. The highest BCUT2D eigenvalue weighted by Crippen LogP contribution is 2.15. The summed E-state index contributed by atoms with van der Waals surface area (Å²) < 4.78 is 11.4. The summed E-state index contributed by atoms with van der Waals surface area (Å²) >= 11 is 5.77. The van der Waals surface area contributed by atoms with Gasteiger partial charge in [0.2, 0.25) is 0 Å². The third-order valence-electron chi connectivity index (χ3n) is 3.60. The molecule has 0 aliphatic rings. The second-order valence-electron chi connectivity index (χ2n) is 5.40. The average molecular weight is 375 g/mol. The van der Waals surface area contributed by atoms with E-state index in [-0.39, 0.29) is 30.5 Å². The highest BCUT2D eigenvalue weighted by Gasteiger charge is 2.11. The van der Waals surface area contributed by atoms with Crippen LogP contribution in [0.4, 0.5) is 0 Å². The molecule has 134 valence electrons. The Bertz CT molecular complexity index is 1040. The Morgan fingerprint density at radius 2 is 1.69 bits per heavy atom. The molecule has 0 saturated carbocycles. The van der Waals surface area contributed by atoms with Crippen LogP contribution in [0.1, 0.15) is 0 Å². The van der Waals surface area contributed by atoms with Crippen molar-refractivity contribution >= 4 is 28.3 Å². The molecule has 0 saturated heterocycles. The van der Waals surface area contributed by atoms with Crippen molar-refractivity contribution in [1.82, 2.24) is 9.78 Å². The Kier molecular flexibility index (Phi) is 5.38. The van der Waals surface area contributed by atoms with E-state index < -0.39 is 17.1 Å². The first kappa shape index (κ1) is 17.8. The number of hydrogen-bond acceptors (Lipinski definition) is 5. The van der Waals surface area contributed by atoms with Gasteiger partial charge in [-0.3, -0.25) is 19.5 Å². The molecule has 0 bridgehead atoms. The molecule has 7 nitrogen and oxygen atoms in total. The monoisotopic (exact) mass is 374 g/mol. The fraction of sp³-hybridized carbons (Fsp3) is 0.167. The number of esters is 1. The van der Waals surface area contributed by atoms with Crippen molar-refractivity contribution in [2.45, 2.75) is 6.54 Å². The van der Waals surface area contributed by atoms with Crippen LogP contribution < -0.4 is 15.9 Å². The molecular weight excluding hydrogens is 360 g/mol. The Labute approximate surface area is 152 Å². The first-order chi connectivity index (χ1) is 12.5. The topological polar surface area (TPSA) is 90.4 Å². The molecule has 0 fully saturated rings. The Morgan fingerprint density at radius 3 is 2.42 bits per heavy atom. The van der Waals surface area contributed by atoms with Gasteiger partial charge >= 0.3 is 5.97 Å². The molecule has 1 heterocycles. The number of rotatable bonds is 6. The van der Waals surface area contributed by atoms with E-state index in [1.165, 1.54) is 6.07 Å². The highest BCUT2D eigenvalue weighted by molar-refractivity contribution is 6.30. The van der Waals surface area contributed by atoms with Crippen LogP contribution in [0, 0.1) is 0 Å². The fourth-order valence-corrected chi connectivity index (χ4v) is 2.50. The van der Waals surface area contributed by atoms with Crippen molar-refractivity contribution in [3.05, 3.63) is 74.3 Å². The zero-order valence-corrected chi connectivity index (χ0v) is 14.4. The molecule has 0 amide bonds. The molecule has 0 aliphatic carbocycles. The number of carbonyl (C=O) groups excluding carboxylic acids is 1. The molecule has 0 atom stereocenters. The Hall–Kier alpha value is -3.06. The van der Waals surface area contributed by atoms with Gasteiger partial charge < -0.3 is 9.47 Å². The van der Waals surface area contributed by atoms with Crippen molar-refractivity contribution in [3.8, 4) is 5.75 Å². The molecule has 8 heteroatoms. The lowest BCUT2D eigenvalue weighted by Gasteiger charge is -2.09. The van der Waals surface area contributed by atoms with Crippen LogP contribution in [0.25, 0.3) is 10.8 Å². The molecule has 26 heavy (non-hydrogen) atoms. The van der Waals surface area contributed by atoms with Gasteiger partial charge in [0.05, 0.1) is 10.8 Å². The number of carbonyl (C=O) groups is 1. The number of benzene rings is 2. The highest BCUT2D eigenvalue weighted by atomic mass is 35.5. The lowest BCUT2D eigenvalue weighted by atomic mass is 10.2. The van der Waals surface area contributed by atoms with Gasteiger partial charge in [-0.05, 0) is 36.4 Å². The smallest absolute Gasteiger partial charge is 0.327 e. The summed E-state index contributed by atoms with van der Waals surface area (Å²) in [6.45, 7) is -0.232. The quantitative estimate of drug-likeness (QED) is 0.526. The van der Waals surface area contributed by atoms with Crippen molar-refractivity contribution in [3.63, 3.8) is 0 Å². The van der Waals surface area contributed by atoms with Crippen LogP contribution in [0.15, 0.2) is 58.1 Å². The molecule has 0 unspecified atom stereocenters. The van der Waals surface area contributed by atoms with E-state index in [0.29, 0.717) is 10.8 Å². The van der Waals surface area contributed by atoms with Crippen molar-refractivity contribution in [2.24, 2.45) is 0 Å². The number of ether oxygens (including phenoxy) is 2. The first-order valence-corrected chi connectivity index (χ1v) is 8.18. The lowest BCUT2D eigenvalue weighted by Crippen LogP contribution is -2.33. The van der Waals surface area contributed by atoms with Gasteiger partial charge in [-0.1, -0.05) is 23.7 Å². The zero-order valence-electron chi connectivity index (χ0n) is 13.6. The number of nitrogens with zero attached hydrogens (tertiary/aromatic N) is 1. The largest absolute Gasteiger partial charge is 0.490 e. The minimum absolute atomic E-state index is 0.00796. The summed E-state index contributed by atoms with van der Waals surface area (Å²) in [5, 5.41) is 3.49. The number of aromatic amines is 1. The number of hydrogen-bond donors (Lipinski definition) is 1. The third kappa shape index (κ3) is 4.12. The Balaban J connectivity index is 1.57. The molecule has 0 radical (unpaired) electrons. The second-order valence-corrected chi connectivity index (χ2v) is 5.84. The van der Waals surface area contributed by atoms with Gasteiger partial charge in [-0.15, -0.1) is 0 Å². The van der Waals surface area contributed by atoms with E-state index in [4.69, 9.17) is 21.1 Å². The summed E-state index contributed by atoms with van der Waals surface area (Å²) in [4.78, 5) is 36.2. The van der Waals surface area contributed by atoms with Crippen LogP contribution >= 0.6 is 11.6 Å². The van der Waals surface area contributed by atoms with E-state index in [2.05, 4.69) is 5.10 Å². The summed E-state index contributed by atoms with van der Waals surface area (Å²) in [5.41, 5.74) is -0.909. The number of nitrogens with one attached hydrogen (secondary N) is 1. The van der Waals surface area contributed by atoms with E-state index in [1.54, 1.807) is 42.5 Å². The van der Waals surface area contributed by atoms with Gasteiger partial charge in [0.15, 0.2) is 0 Å². The maximum Gasteiger partial charge on any atom is 0.327 e. The number of fused-ring (bicyclic) bond motifs is 1. The third-order valence-corrected chi connectivity index (χ3v) is 3.85. The van der Waals surface area contributed by atoms with Crippen molar-refractivity contribution in [2.75, 3.05) is 13.2 Å². The van der Waals surface area contributed by atoms with E-state index in [1.807, 2.05) is 0 Å². The molecule has 0 aliphatic heterocycles. The standard InChI is InChI=1S/C18H15ClN2O5/c19-12-5-7-13(8-6-12)25-9-10-26-16(22)11-21-18(24)15-4-2-1-3-14(15)17(23)20-21/h1-8H,9-11H2,(H,20,23). The normalized spacial score (nSPS) is 10.7. The summed E-state index contributed by atoms with van der Waals surface area (Å²) in [6.07, 6.45) is 0. The first-order valence-electron chi connectivity index (χ1n) is 7.80. The minimum atomic E-state index is -0.655. The fourth-order valence-electron chi connectivity index (χ4n) is 2.38. The second kappa shape index (κ2) is 7.88. The molecule has 3 aromatic rings. The van der Waals surface area contributed by atoms with Crippen molar-refractivity contribution < 1.29 is 14.3 Å². The predicted octanol–water partition coefficient (Wildman–Crippen LogP) is 1.97. The molecule has 1 aromatic heterocycles. The van der Waals surface area contributed by atoms with E-state index >= 15 is 0 Å². The minimum Gasteiger partial charge on any atom is -0.490 e. The van der Waals surface area contributed by atoms with Crippen LogP contribution in [0.3, 0.4) is 0 Å². The van der Waals surface area contributed by atoms with Crippen LogP contribution in [0.5, 0.6) is 5.75 Å². The van der Waals surface area contributed by atoms with Gasteiger partial charge in [-0.25, -0.2) is 4.68 Å². The van der Waals surface area contributed by atoms with Gasteiger partial charge in [0, 0.05) is 5.02 Å². The maximum atomic E-state index is 12.3. The van der Waals surface area contributed by atoms with E-state index in [9.17, 15) is 14.4 Å².